The molecule has 239 valence electrons. The van der Waals surface area contributed by atoms with Gasteiger partial charge in [-0.15, -0.1) is 29.8 Å². The van der Waals surface area contributed by atoms with E-state index in [0.717, 1.165) is 51.4 Å². The van der Waals surface area contributed by atoms with Crippen LogP contribution in [0.5, 0.6) is 5.75 Å². The van der Waals surface area contributed by atoms with Crippen molar-refractivity contribution in [3.05, 3.63) is 130 Å². The molecule has 0 aliphatic heterocycles. The van der Waals surface area contributed by atoms with Crippen LogP contribution in [0.4, 0.5) is 0 Å². The number of aromatic nitrogens is 7. The Morgan fingerprint density at radius 3 is 1.63 bits per heavy atom. The molecule has 9 nitrogen and oxygen atoms in total. The number of pyridine rings is 3. The maximum Gasteiger partial charge on any atom is 1.00 e. The van der Waals surface area contributed by atoms with Gasteiger partial charge in [0.2, 0.25) is 0 Å². The van der Waals surface area contributed by atoms with Gasteiger partial charge in [0.05, 0.1) is 11.4 Å². The maximum absolute atomic E-state index is 5.30. The largest absolute Gasteiger partial charge is 1.00 e. The van der Waals surface area contributed by atoms with Gasteiger partial charge in [-0.25, -0.2) is 19.3 Å². The second kappa shape index (κ2) is 16.7. The van der Waals surface area contributed by atoms with E-state index in [4.69, 9.17) is 10.5 Å². The molecular weight excluding hydrogens is 751 g/mol. The van der Waals surface area contributed by atoms with Gasteiger partial charge in [0.25, 0.3) is 0 Å². The number of benzene rings is 1. The molecule has 10 heteroatoms. The van der Waals surface area contributed by atoms with Crippen LogP contribution >= 0.6 is 0 Å². The summed E-state index contributed by atoms with van der Waals surface area (Å²) in [6.45, 7) is 16.6. The molecule has 0 aliphatic rings. The van der Waals surface area contributed by atoms with Gasteiger partial charge in [-0.05, 0) is 114 Å². The summed E-state index contributed by atoms with van der Waals surface area (Å²) in [5.74, 6) is 2.52. The van der Waals surface area contributed by atoms with Gasteiger partial charge in [0.15, 0.2) is 11.6 Å². The van der Waals surface area contributed by atoms with Crippen LogP contribution in [0, 0.1) is 61.5 Å². The van der Waals surface area contributed by atoms with E-state index < -0.39 is 0 Å². The summed E-state index contributed by atoms with van der Waals surface area (Å²) in [5.41, 5.74) is 16.4. The quantitative estimate of drug-likeness (QED) is 0.151. The maximum atomic E-state index is 5.30. The van der Waals surface area contributed by atoms with Gasteiger partial charge < -0.3 is 9.72 Å². The Balaban J connectivity index is 0.000000186. The van der Waals surface area contributed by atoms with E-state index in [-0.39, 0.29) is 26.5 Å². The minimum atomic E-state index is 0. The van der Waals surface area contributed by atoms with Gasteiger partial charge in [-0.1, -0.05) is 12.1 Å². The molecule has 0 saturated heterocycles. The van der Waals surface area contributed by atoms with Gasteiger partial charge >= 0.3 is 19.8 Å². The number of nitrogens with zero attached hydrogens (tertiary/aromatic N) is 7. The van der Waals surface area contributed by atoms with Crippen LogP contribution in [0.1, 0.15) is 45.0 Å². The zero-order chi connectivity index (χ0) is 32.5. The van der Waals surface area contributed by atoms with Crippen molar-refractivity contribution in [1.82, 2.24) is 34.5 Å². The number of hydrogen-bond donors (Lipinski definition) is 1. The van der Waals surface area contributed by atoms with Crippen LogP contribution in [0.25, 0.3) is 22.9 Å². The zero-order valence-electron chi connectivity index (χ0n) is 27.7. The van der Waals surface area contributed by atoms with E-state index in [9.17, 15) is 0 Å². The molecule has 5 heterocycles. The SMILES string of the molecule is Cc1ccnc(-n2nc(C)c(C)c2C)c1.Cc1ccnc(-n2nc(C)c(C)c2C)c1.NCOc1cc[c-]c(-c2ccccn2)c1.[Os+]. The normalized spacial score (nSPS) is 10.2. The Hall–Kier alpha value is -4.51. The summed E-state index contributed by atoms with van der Waals surface area (Å²) < 4.78 is 9.00. The van der Waals surface area contributed by atoms with Gasteiger partial charge in [-0.3, -0.25) is 5.73 Å². The van der Waals surface area contributed by atoms with Gasteiger partial charge in [0.1, 0.15) is 6.73 Å². The first-order valence-corrected chi connectivity index (χ1v) is 14.8. The summed E-state index contributed by atoms with van der Waals surface area (Å²) >= 11 is 0. The number of ether oxygens (including phenoxy) is 1. The first-order valence-electron chi connectivity index (χ1n) is 14.8. The molecule has 2 N–H and O–H groups in total. The third-order valence-corrected chi connectivity index (χ3v) is 7.51. The van der Waals surface area contributed by atoms with E-state index in [1.165, 1.54) is 22.3 Å². The van der Waals surface area contributed by atoms with Crippen LogP contribution in [0.2, 0.25) is 0 Å². The molecule has 6 rings (SSSR count). The topological polar surface area (TPSA) is 110 Å². The summed E-state index contributed by atoms with van der Waals surface area (Å²) in [6, 6.07) is 22.4. The second-order valence-electron chi connectivity index (χ2n) is 10.8. The average molecular weight is 792 g/mol. The Bertz CT molecular complexity index is 1770. The van der Waals surface area contributed by atoms with E-state index in [1.54, 1.807) is 12.3 Å². The Morgan fingerprint density at radius 2 is 1.22 bits per heavy atom. The van der Waals surface area contributed by atoms with Crippen LogP contribution in [-0.2, 0) is 19.8 Å². The van der Waals surface area contributed by atoms with Crippen molar-refractivity contribution in [2.45, 2.75) is 55.4 Å². The molecule has 5 aromatic heterocycles. The molecule has 46 heavy (non-hydrogen) atoms. The van der Waals surface area contributed by atoms with Crippen LogP contribution < -0.4 is 10.5 Å². The molecule has 0 amide bonds. The first kappa shape index (κ1) is 36.0. The molecule has 1 radical (unpaired) electrons. The Morgan fingerprint density at radius 1 is 0.674 bits per heavy atom. The van der Waals surface area contributed by atoms with Crippen LogP contribution in [0.3, 0.4) is 0 Å². The van der Waals surface area contributed by atoms with Crippen molar-refractivity contribution in [2.75, 3.05) is 6.73 Å². The summed E-state index contributed by atoms with van der Waals surface area (Å²) in [7, 11) is 0. The fraction of sp³-hybridized carbons (Fsp3) is 0.250. The molecule has 0 fully saturated rings. The van der Waals surface area contributed by atoms with E-state index in [2.05, 4.69) is 72.8 Å². The number of aryl methyl sites for hydroxylation is 4. The average Bonchev–Trinajstić information content (AvgIpc) is 3.46. The predicted molar refractivity (Wildman–Crippen MR) is 179 cm³/mol. The second-order valence-corrected chi connectivity index (χ2v) is 10.8. The summed E-state index contributed by atoms with van der Waals surface area (Å²) in [4.78, 5) is 12.9. The Labute approximate surface area is 285 Å². The minimum absolute atomic E-state index is 0. The molecule has 0 saturated carbocycles. The molecule has 6 aromatic rings. The van der Waals surface area contributed by atoms with Crippen molar-refractivity contribution in [3.8, 4) is 28.6 Å². The summed E-state index contributed by atoms with van der Waals surface area (Å²) in [5, 5.41) is 8.95. The summed E-state index contributed by atoms with van der Waals surface area (Å²) in [6.07, 6.45) is 5.38. The number of hydrogen-bond acceptors (Lipinski definition) is 7. The monoisotopic (exact) mass is 793 g/mol. The number of nitrogens with two attached hydrogens (primary N) is 1. The molecule has 0 aliphatic carbocycles. The minimum Gasteiger partial charge on any atom is -0.498 e. The molecule has 0 spiro atoms. The standard InChI is InChI=1S/2C12H15N3.C12H11N2O.Os/c2*1-8-5-6-13-12(7-8)15-11(4)9(2)10(3)14-15;13-9-15-11-5-3-4-10(8-11)12-6-1-2-7-14-12;/h2*5-7H,1-4H3;1-3,5-8H,9,13H2;/q;;-1;+1. The predicted octanol–water partition coefficient (Wildman–Crippen LogP) is 6.84. The zero-order valence-corrected chi connectivity index (χ0v) is 30.2. The van der Waals surface area contributed by atoms with Crippen LogP contribution in [0.15, 0.2) is 79.3 Å². The van der Waals surface area contributed by atoms with Crippen molar-refractivity contribution in [3.63, 3.8) is 0 Å². The smallest absolute Gasteiger partial charge is 0.498 e. The fourth-order valence-electron chi connectivity index (χ4n) is 4.46. The van der Waals surface area contributed by atoms with E-state index in [1.807, 2.05) is 90.2 Å². The van der Waals surface area contributed by atoms with E-state index in [0.29, 0.717) is 0 Å². The molecular formula is C36H41N8OOs. The fourth-order valence-corrected chi connectivity index (χ4v) is 4.46. The van der Waals surface area contributed by atoms with Crippen LogP contribution in [-0.4, -0.2) is 41.2 Å². The van der Waals surface area contributed by atoms with Crippen molar-refractivity contribution in [1.29, 1.82) is 0 Å². The van der Waals surface area contributed by atoms with Gasteiger partial charge in [0, 0.05) is 35.7 Å². The molecule has 0 unspecified atom stereocenters. The molecule has 0 atom stereocenters. The number of rotatable bonds is 5. The van der Waals surface area contributed by atoms with Crippen molar-refractivity contribution < 1.29 is 24.5 Å². The third-order valence-electron chi connectivity index (χ3n) is 7.51. The van der Waals surface area contributed by atoms with E-state index >= 15 is 0 Å². The third kappa shape index (κ3) is 9.03. The van der Waals surface area contributed by atoms with Crippen molar-refractivity contribution >= 4 is 0 Å². The van der Waals surface area contributed by atoms with Gasteiger partial charge in [-0.2, -0.15) is 10.2 Å². The molecule has 0 bridgehead atoms. The first-order chi connectivity index (χ1) is 21.6. The molecule has 1 aromatic carbocycles. The Kier molecular flexibility index (Phi) is 13.1. The van der Waals surface area contributed by atoms with Crippen molar-refractivity contribution in [2.24, 2.45) is 5.73 Å².